The lowest BCUT2D eigenvalue weighted by molar-refractivity contribution is -0.142. The van der Waals surface area contributed by atoms with Crippen molar-refractivity contribution < 1.29 is 34.5 Å². The van der Waals surface area contributed by atoms with E-state index < -0.39 is 54.5 Å². The molecular formula is C24H39N5O7. The topological polar surface area (TPSA) is 217 Å². The monoisotopic (exact) mass is 509 g/mol. The second-order valence-corrected chi connectivity index (χ2v) is 8.77. The highest BCUT2D eigenvalue weighted by atomic mass is 16.4. The van der Waals surface area contributed by atoms with Crippen molar-refractivity contribution in [3.63, 3.8) is 0 Å². The van der Waals surface area contributed by atoms with Gasteiger partial charge in [-0.1, -0.05) is 32.4 Å². The highest BCUT2D eigenvalue weighted by Crippen LogP contribution is 2.12. The predicted molar refractivity (Wildman–Crippen MR) is 133 cm³/mol. The number of nitrogens with one attached hydrogen (secondary N) is 3. The molecule has 10 N–H and O–H groups in total. The second-order valence-electron chi connectivity index (χ2n) is 8.77. The molecule has 36 heavy (non-hydrogen) atoms. The number of carbonyl (C=O) groups is 4. The molecule has 0 radical (unpaired) electrons. The van der Waals surface area contributed by atoms with Gasteiger partial charge in [-0.3, -0.25) is 14.4 Å². The summed E-state index contributed by atoms with van der Waals surface area (Å²) in [5.74, 6) is -3.57. The van der Waals surface area contributed by atoms with Gasteiger partial charge in [0.1, 0.15) is 23.9 Å². The molecule has 0 aliphatic carbocycles. The molecule has 1 aromatic carbocycles. The molecule has 202 valence electrons. The first-order valence-corrected chi connectivity index (χ1v) is 12.0. The zero-order valence-electron chi connectivity index (χ0n) is 20.8. The number of carboxylic acid groups (broad SMARTS) is 1. The van der Waals surface area contributed by atoms with Crippen LogP contribution in [0.25, 0.3) is 0 Å². The molecule has 0 aliphatic rings. The number of phenolic OH excluding ortho intramolecular Hbond substituents is 1. The first kappa shape index (κ1) is 30.8. The molecule has 0 spiro atoms. The van der Waals surface area contributed by atoms with E-state index in [-0.39, 0.29) is 24.5 Å². The summed E-state index contributed by atoms with van der Waals surface area (Å²) in [6, 6.07) is 1.32. The fraction of sp³-hybridized carbons (Fsp3) is 0.583. The quantitative estimate of drug-likeness (QED) is 0.128. The normalized spacial score (nSPS) is 15.1. The van der Waals surface area contributed by atoms with E-state index >= 15 is 0 Å². The van der Waals surface area contributed by atoms with Gasteiger partial charge in [0, 0.05) is 6.42 Å². The Morgan fingerprint density at radius 1 is 0.917 bits per heavy atom. The minimum atomic E-state index is -1.45. The van der Waals surface area contributed by atoms with Gasteiger partial charge in [-0.05, 0) is 49.4 Å². The molecule has 12 nitrogen and oxygen atoms in total. The van der Waals surface area contributed by atoms with Crippen molar-refractivity contribution in [3.05, 3.63) is 29.8 Å². The van der Waals surface area contributed by atoms with Gasteiger partial charge in [0.2, 0.25) is 17.7 Å². The molecule has 3 amide bonds. The van der Waals surface area contributed by atoms with Crippen LogP contribution in [0.4, 0.5) is 0 Å². The number of hydrogen-bond acceptors (Lipinski definition) is 8. The van der Waals surface area contributed by atoms with Gasteiger partial charge < -0.3 is 42.7 Å². The summed E-state index contributed by atoms with van der Waals surface area (Å²) in [6.45, 7) is 3.27. The molecule has 0 saturated carbocycles. The van der Waals surface area contributed by atoms with Crippen LogP contribution < -0.4 is 27.4 Å². The zero-order valence-corrected chi connectivity index (χ0v) is 20.8. The van der Waals surface area contributed by atoms with Crippen molar-refractivity contribution in [2.24, 2.45) is 17.4 Å². The molecular weight excluding hydrogens is 470 g/mol. The van der Waals surface area contributed by atoms with Crippen LogP contribution in [0, 0.1) is 5.92 Å². The summed E-state index contributed by atoms with van der Waals surface area (Å²) < 4.78 is 0. The average molecular weight is 510 g/mol. The third-order valence-electron chi connectivity index (χ3n) is 5.95. The standard InChI is InChI=1S/C24H39N5O7/c1-3-14(2)20(26)23(34)28-18(12-15-7-9-16(31)10-8-15)21(32)29-19(13-30)22(33)27-17(24(35)36)6-4-5-11-25/h7-10,14,17-20,30-31H,3-6,11-13,25-26H2,1-2H3,(H,27,33)(H,28,34)(H,29,32)(H,35,36). The van der Waals surface area contributed by atoms with Crippen LogP contribution in [0.1, 0.15) is 45.1 Å². The van der Waals surface area contributed by atoms with Crippen LogP contribution >= 0.6 is 0 Å². The van der Waals surface area contributed by atoms with Crippen molar-refractivity contribution in [2.75, 3.05) is 13.2 Å². The van der Waals surface area contributed by atoms with E-state index in [0.29, 0.717) is 31.4 Å². The lowest BCUT2D eigenvalue weighted by Gasteiger charge is -2.25. The van der Waals surface area contributed by atoms with Crippen LogP contribution in [-0.2, 0) is 25.6 Å². The highest BCUT2D eigenvalue weighted by molar-refractivity contribution is 5.94. The van der Waals surface area contributed by atoms with E-state index in [0.717, 1.165) is 0 Å². The van der Waals surface area contributed by atoms with E-state index in [4.69, 9.17) is 11.5 Å². The fourth-order valence-electron chi connectivity index (χ4n) is 3.35. The number of aromatic hydroxyl groups is 1. The van der Waals surface area contributed by atoms with Crippen LogP contribution in [0.5, 0.6) is 5.75 Å². The van der Waals surface area contributed by atoms with E-state index in [1.807, 2.05) is 6.92 Å². The van der Waals surface area contributed by atoms with E-state index in [9.17, 15) is 34.5 Å². The Hall–Kier alpha value is -3.22. The minimum Gasteiger partial charge on any atom is -0.508 e. The van der Waals surface area contributed by atoms with E-state index in [1.165, 1.54) is 12.1 Å². The van der Waals surface area contributed by atoms with Crippen LogP contribution in [0.3, 0.4) is 0 Å². The SMILES string of the molecule is CCC(C)C(N)C(=O)NC(Cc1ccc(O)cc1)C(=O)NC(CO)C(=O)NC(CCCCN)C(=O)O. The fourth-order valence-corrected chi connectivity index (χ4v) is 3.35. The number of nitrogens with two attached hydrogens (primary N) is 2. The first-order valence-electron chi connectivity index (χ1n) is 12.0. The van der Waals surface area contributed by atoms with Gasteiger partial charge in [-0.25, -0.2) is 4.79 Å². The van der Waals surface area contributed by atoms with Gasteiger partial charge in [0.25, 0.3) is 0 Å². The lowest BCUT2D eigenvalue weighted by Crippen LogP contribution is -2.59. The number of carboxylic acids is 1. The van der Waals surface area contributed by atoms with Gasteiger partial charge in [-0.15, -0.1) is 0 Å². The van der Waals surface area contributed by atoms with Crippen molar-refractivity contribution in [1.29, 1.82) is 0 Å². The van der Waals surface area contributed by atoms with Crippen molar-refractivity contribution in [2.45, 2.75) is 70.1 Å². The number of aliphatic hydroxyl groups excluding tert-OH is 1. The predicted octanol–water partition coefficient (Wildman–Crippen LogP) is -1.03. The van der Waals surface area contributed by atoms with Gasteiger partial charge in [0.15, 0.2) is 0 Å². The first-order chi connectivity index (χ1) is 17.0. The number of aliphatic hydroxyl groups is 1. The maximum Gasteiger partial charge on any atom is 0.326 e. The highest BCUT2D eigenvalue weighted by Gasteiger charge is 2.30. The molecule has 0 fully saturated rings. The number of hydrogen-bond donors (Lipinski definition) is 8. The molecule has 0 aliphatic heterocycles. The Bertz CT molecular complexity index is 865. The maximum atomic E-state index is 13.1. The maximum absolute atomic E-state index is 13.1. The summed E-state index contributed by atoms with van der Waals surface area (Å²) in [6.07, 6.45) is 1.85. The number of carbonyl (C=O) groups excluding carboxylic acids is 3. The average Bonchev–Trinajstić information content (AvgIpc) is 2.86. The lowest BCUT2D eigenvalue weighted by atomic mass is 9.98. The van der Waals surface area contributed by atoms with Crippen molar-refractivity contribution >= 4 is 23.7 Å². The van der Waals surface area contributed by atoms with Gasteiger partial charge in [0.05, 0.1) is 12.6 Å². The van der Waals surface area contributed by atoms with Crippen molar-refractivity contribution in [1.82, 2.24) is 16.0 Å². The zero-order chi connectivity index (χ0) is 27.3. The largest absolute Gasteiger partial charge is 0.508 e. The number of benzene rings is 1. The number of phenols is 1. The summed E-state index contributed by atoms with van der Waals surface area (Å²) in [7, 11) is 0. The van der Waals surface area contributed by atoms with Crippen LogP contribution in [0.2, 0.25) is 0 Å². The van der Waals surface area contributed by atoms with E-state index in [2.05, 4.69) is 16.0 Å². The summed E-state index contributed by atoms with van der Waals surface area (Å²) >= 11 is 0. The second kappa shape index (κ2) is 15.7. The molecule has 1 rings (SSSR count). The summed E-state index contributed by atoms with van der Waals surface area (Å²) in [5.41, 5.74) is 12.0. The Balaban J connectivity index is 3.00. The molecule has 0 saturated heterocycles. The molecule has 0 bridgehead atoms. The smallest absolute Gasteiger partial charge is 0.326 e. The molecule has 1 aromatic rings. The Labute approximate surface area is 210 Å². The Kier molecular flexibility index (Phi) is 13.4. The Morgan fingerprint density at radius 3 is 2.00 bits per heavy atom. The molecule has 5 unspecified atom stereocenters. The molecule has 0 aromatic heterocycles. The van der Waals surface area contributed by atoms with Gasteiger partial charge >= 0.3 is 5.97 Å². The molecule has 0 heterocycles. The minimum absolute atomic E-state index is 0.0156. The van der Waals surface area contributed by atoms with Crippen LogP contribution in [-0.4, -0.2) is 76.3 Å². The van der Waals surface area contributed by atoms with E-state index in [1.54, 1.807) is 19.1 Å². The summed E-state index contributed by atoms with van der Waals surface area (Å²) in [4.78, 5) is 49.9. The number of unbranched alkanes of at least 4 members (excludes halogenated alkanes) is 1. The van der Waals surface area contributed by atoms with Gasteiger partial charge in [-0.2, -0.15) is 0 Å². The van der Waals surface area contributed by atoms with Crippen LogP contribution in [0.15, 0.2) is 24.3 Å². The number of aliphatic carboxylic acids is 1. The third-order valence-corrected chi connectivity index (χ3v) is 5.95. The number of amides is 3. The third kappa shape index (κ3) is 10.2. The molecule has 12 heteroatoms. The molecule has 5 atom stereocenters. The Morgan fingerprint density at radius 2 is 1.47 bits per heavy atom. The number of rotatable bonds is 16. The summed E-state index contributed by atoms with van der Waals surface area (Å²) in [5, 5.41) is 35.9. The van der Waals surface area contributed by atoms with Crippen molar-refractivity contribution in [3.8, 4) is 5.75 Å².